The number of halogens is 2. The quantitative estimate of drug-likeness (QED) is 0.842. The normalized spacial score (nSPS) is 25.9. The van der Waals surface area contributed by atoms with Crippen LogP contribution in [0.15, 0.2) is 6.07 Å². The highest BCUT2D eigenvalue weighted by atomic mass is 35.5. The fourth-order valence-corrected chi connectivity index (χ4v) is 2.34. The highest BCUT2D eigenvalue weighted by Gasteiger charge is 2.29. The van der Waals surface area contributed by atoms with Crippen molar-refractivity contribution < 1.29 is 5.11 Å². The molecule has 1 aromatic heterocycles. The fourth-order valence-electron chi connectivity index (χ4n) is 1.99. The Bertz CT molecular complexity index is 398. The molecule has 1 aliphatic rings. The van der Waals surface area contributed by atoms with E-state index >= 15 is 0 Å². The van der Waals surface area contributed by atoms with Gasteiger partial charge < -0.3 is 10.0 Å². The van der Waals surface area contributed by atoms with Crippen LogP contribution in [0.25, 0.3) is 0 Å². The number of β-amino-alcohol motifs (C(OH)–C–C–N with tert-alkyl or cyclic N) is 1. The molecule has 1 atom stereocenters. The van der Waals surface area contributed by atoms with Gasteiger partial charge in [-0.3, -0.25) is 0 Å². The first-order valence-corrected chi connectivity index (χ1v) is 5.90. The summed E-state index contributed by atoms with van der Waals surface area (Å²) in [6, 6.07) is 1.68. The number of hydrogen-bond donors (Lipinski definition) is 1. The summed E-state index contributed by atoms with van der Waals surface area (Å²) < 4.78 is 0. The Morgan fingerprint density at radius 2 is 2.19 bits per heavy atom. The molecule has 0 amide bonds. The van der Waals surface area contributed by atoms with Crippen molar-refractivity contribution in [2.24, 2.45) is 0 Å². The highest BCUT2D eigenvalue weighted by Crippen LogP contribution is 2.30. The third-order valence-corrected chi connectivity index (χ3v) is 3.17. The Morgan fingerprint density at radius 1 is 1.44 bits per heavy atom. The molecule has 1 aromatic rings. The fraction of sp³-hybridized carbons (Fsp3) is 0.600. The van der Waals surface area contributed by atoms with Gasteiger partial charge in [0.25, 0.3) is 0 Å². The average Bonchev–Trinajstić information content (AvgIpc) is 2.20. The lowest BCUT2D eigenvalue weighted by Crippen LogP contribution is -2.46. The zero-order valence-electron chi connectivity index (χ0n) is 8.95. The Kier molecular flexibility index (Phi) is 3.24. The van der Waals surface area contributed by atoms with Gasteiger partial charge in [-0.05, 0) is 19.8 Å². The topological polar surface area (TPSA) is 49.2 Å². The monoisotopic (exact) mass is 261 g/mol. The maximum Gasteiger partial charge on any atom is 0.175 e. The van der Waals surface area contributed by atoms with Gasteiger partial charge in [-0.15, -0.1) is 10.2 Å². The van der Waals surface area contributed by atoms with Crippen molar-refractivity contribution in [1.29, 1.82) is 0 Å². The molecular weight excluding hydrogens is 249 g/mol. The molecule has 0 bridgehead atoms. The van der Waals surface area contributed by atoms with Crippen LogP contribution in [0.2, 0.25) is 10.3 Å². The molecule has 4 nitrogen and oxygen atoms in total. The van der Waals surface area contributed by atoms with Crippen molar-refractivity contribution in [3.63, 3.8) is 0 Å². The smallest absolute Gasteiger partial charge is 0.175 e. The lowest BCUT2D eigenvalue weighted by Gasteiger charge is -2.38. The van der Waals surface area contributed by atoms with Gasteiger partial charge in [0.1, 0.15) is 0 Å². The molecule has 0 spiro atoms. The summed E-state index contributed by atoms with van der Waals surface area (Å²) in [4.78, 5) is 1.99. The minimum Gasteiger partial charge on any atom is -0.388 e. The summed E-state index contributed by atoms with van der Waals surface area (Å²) >= 11 is 11.8. The second kappa shape index (κ2) is 4.35. The second-order valence-electron chi connectivity index (χ2n) is 4.37. The number of nitrogens with zero attached hydrogens (tertiary/aromatic N) is 3. The Morgan fingerprint density at radius 3 is 2.88 bits per heavy atom. The summed E-state index contributed by atoms with van der Waals surface area (Å²) in [5.41, 5.74) is 0.0544. The summed E-state index contributed by atoms with van der Waals surface area (Å²) in [6.45, 7) is 3.20. The molecule has 0 aliphatic carbocycles. The summed E-state index contributed by atoms with van der Waals surface area (Å²) in [7, 11) is 0. The molecule has 0 radical (unpaired) electrons. The molecule has 1 unspecified atom stereocenters. The number of anilines is 1. The van der Waals surface area contributed by atoms with Crippen LogP contribution in [0.5, 0.6) is 0 Å². The third-order valence-electron chi connectivity index (χ3n) is 2.72. The lowest BCUT2D eigenvalue weighted by atomic mass is 9.95. The first-order chi connectivity index (χ1) is 7.48. The predicted octanol–water partition coefficient (Wildman–Crippen LogP) is 2.13. The number of rotatable bonds is 1. The SMILES string of the molecule is CC1(O)CCCN(c2cc(Cl)nnc2Cl)C1. The van der Waals surface area contributed by atoms with E-state index in [9.17, 15) is 5.11 Å². The van der Waals surface area contributed by atoms with Crippen LogP contribution in [0.3, 0.4) is 0 Å². The average molecular weight is 262 g/mol. The standard InChI is InChI=1S/C10H13Cl2N3O/c1-10(16)3-2-4-15(6-10)7-5-8(11)13-14-9(7)12/h5,16H,2-4,6H2,1H3. The Balaban J connectivity index is 2.26. The zero-order chi connectivity index (χ0) is 11.8. The second-order valence-corrected chi connectivity index (χ2v) is 5.11. The molecule has 0 aromatic carbocycles. The van der Waals surface area contributed by atoms with Crippen molar-refractivity contribution in [3.05, 3.63) is 16.4 Å². The molecule has 16 heavy (non-hydrogen) atoms. The van der Waals surface area contributed by atoms with Crippen molar-refractivity contribution in [1.82, 2.24) is 10.2 Å². The third kappa shape index (κ3) is 2.56. The van der Waals surface area contributed by atoms with E-state index < -0.39 is 5.60 Å². The molecule has 2 heterocycles. The number of hydrogen-bond acceptors (Lipinski definition) is 4. The van der Waals surface area contributed by atoms with Gasteiger partial charge in [0.2, 0.25) is 0 Å². The highest BCUT2D eigenvalue weighted by molar-refractivity contribution is 6.33. The van der Waals surface area contributed by atoms with Crippen LogP contribution < -0.4 is 4.90 Å². The van der Waals surface area contributed by atoms with E-state index in [1.807, 2.05) is 11.8 Å². The Hall–Kier alpha value is -0.580. The summed E-state index contributed by atoms with van der Waals surface area (Å²) in [6.07, 6.45) is 1.72. The van der Waals surface area contributed by atoms with Crippen molar-refractivity contribution in [2.45, 2.75) is 25.4 Å². The first kappa shape index (κ1) is 11.9. The summed E-state index contributed by atoms with van der Waals surface area (Å²) in [5.74, 6) is 0. The maximum absolute atomic E-state index is 10.0. The van der Waals surface area contributed by atoms with Gasteiger partial charge in [0.05, 0.1) is 11.3 Å². The minimum atomic E-state index is -0.683. The summed E-state index contributed by atoms with van der Waals surface area (Å²) in [5, 5.41) is 18.1. The lowest BCUT2D eigenvalue weighted by molar-refractivity contribution is 0.0449. The predicted molar refractivity (Wildman–Crippen MR) is 64.1 cm³/mol. The van der Waals surface area contributed by atoms with Crippen LogP contribution >= 0.6 is 23.2 Å². The van der Waals surface area contributed by atoms with E-state index in [1.54, 1.807) is 6.07 Å². The van der Waals surface area contributed by atoms with Gasteiger partial charge in [0, 0.05) is 19.2 Å². The van der Waals surface area contributed by atoms with Crippen molar-refractivity contribution >= 4 is 28.9 Å². The van der Waals surface area contributed by atoms with Crippen molar-refractivity contribution in [2.75, 3.05) is 18.0 Å². The van der Waals surface area contributed by atoms with Crippen LogP contribution in [0, 0.1) is 0 Å². The van der Waals surface area contributed by atoms with E-state index in [0.717, 1.165) is 25.1 Å². The van der Waals surface area contributed by atoms with Crippen LogP contribution in [-0.4, -0.2) is 34.0 Å². The maximum atomic E-state index is 10.0. The van der Waals surface area contributed by atoms with Crippen molar-refractivity contribution in [3.8, 4) is 0 Å². The Labute approximate surface area is 104 Å². The van der Waals surface area contributed by atoms with E-state index in [1.165, 1.54) is 0 Å². The van der Waals surface area contributed by atoms with Crippen LogP contribution in [0.1, 0.15) is 19.8 Å². The first-order valence-electron chi connectivity index (χ1n) is 5.14. The molecule has 1 saturated heterocycles. The number of piperidine rings is 1. The van der Waals surface area contributed by atoms with Gasteiger partial charge in [-0.25, -0.2) is 0 Å². The van der Waals surface area contributed by atoms with E-state index in [4.69, 9.17) is 23.2 Å². The molecule has 1 aliphatic heterocycles. The van der Waals surface area contributed by atoms with Gasteiger partial charge >= 0.3 is 0 Å². The zero-order valence-corrected chi connectivity index (χ0v) is 10.5. The number of aromatic nitrogens is 2. The molecule has 2 rings (SSSR count). The molecule has 88 valence electrons. The van der Waals surface area contributed by atoms with Crippen LogP contribution in [-0.2, 0) is 0 Å². The minimum absolute atomic E-state index is 0.310. The molecule has 0 saturated carbocycles. The van der Waals surface area contributed by atoms with Crippen LogP contribution in [0.4, 0.5) is 5.69 Å². The van der Waals surface area contributed by atoms with E-state index in [2.05, 4.69) is 10.2 Å². The molecule has 6 heteroatoms. The van der Waals surface area contributed by atoms with Gasteiger partial charge in [0.15, 0.2) is 10.3 Å². The largest absolute Gasteiger partial charge is 0.388 e. The van der Waals surface area contributed by atoms with Gasteiger partial charge in [-0.2, -0.15) is 0 Å². The van der Waals surface area contributed by atoms with E-state index in [-0.39, 0.29) is 0 Å². The van der Waals surface area contributed by atoms with Gasteiger partial charge in [-0.1, -0.05) is 23.2 Å². The molecule has 1 fully saturated rings. The number of aliphatic hydroxyl groups is 1. The molecular formula is C10H13Cl2N3O. The van der Waals surface area contributed by atoms with E-state index in [0.29, 0.717) is 16.9 Å². The molecule has 1 N–H and O–H groups in total.